The maximum absolute atomic E-state index is 11.4. The Morgan fingerprint density at radius 1 is 0.920 bits per heavy atom. The van der Waals surface area contributed by atoms with Gasteiger partial charge in [-0.2, -0.15) is 0 Å². The SMILES string of the molecule is COc1cc(N(CCP(=O)(O)O)c2ccc(C)c(OC)c2)ccc1C. The van der Waals surface area contributed by atoms with Gasteiger partial charge in [-0.3, -0.25) is 4.57 Å². The Bertz CT molecular complexity index is 734. The third kappa shape index (κ3) is 4.98. The lowest BCUT2D eigenvalue weighted by atomic mass is 10.1. The van der Waals surface area contributed by atoms with Gasteiger partial charge in [0.25, 0.3) is 0 Å². The number of hydrogen-bond donors (Lipinski definition) is 2. The summed E-state index contributed by atoms with van der Waals surface area (Å²) in [4.78, 5) is 20.4. The normalized spacial score (nSPS) is 11.3. The molecule has 0 aliphatic rings. The zero-order valence-electron chi connectivity index (χ0n) is 14.9. The summed E-state index contributed by atoms with van der Waals surface area (Å²) in [5.74, 6) is 1.44. The number of rotatable bonds is 7. The maximum Gasteiger partial charge on any atom is 0.327 e. The van der Waals surface area contributed by atoms with Gasteiger partial charge in [-0.15, -0.1) is 0 Å². The van der Waals surface area contributed by atoms with E-state index in [2.05, 4.69) is 0 Å². The summed E-state index contributed by atoms with van der Waals surface area (Å²) in [6, 6.07) is 11.4. The van der Waals surface area contributed by atoms with Gasteiger partial charge in [0.05, 0.1) is 20.4 Å². The number of benzene rings is 2. The molecule has 2 rings (SSSR count). The molecule has 0 fully saturated rings. The van der Waals surface area contributed by atoms with E-state index < -0.39 is 7.60 Å². The monoisotopic (exact) mass is 365 g/mol. The van der Waals surface area contributed by atoms with E-state index in [0.29, 0.717) is 0 Å². The van der Waals surface area contributed by atoms with Gasteiger partial charge in [0, 0.05) is 30.1 Å². The largest absolute Gasteiger partial charge is 0.496 e. The minimum Gasteiger partial charge on any atom is -0.496 e. The van der Waals surface area contributed by atoms with Gasteiger partial charge >= 0.3 is 7.60 Å². The van der Waals surface area contributed by atoms with Crippen LogP contribution in [0.25, 0.3) is 0 Å². The number of methoxy groups -OCH3 is 2. The first kappa shape index (κ1) is 19.3. The van der Waals surface area contributed by atoms with Gasteiger partial charge in [0.2, 0.25) is 0 Å². The van der Waals surface area contributed by atoms with Crippen molar-refractivity contribution in [2.45, 2.75) is 13.8 Å². The lowest BCUT2D eigenvalue weighted by Crippen LogP contribution is -2.21. The molecule has 6 nitrogen and oxygen atoms in total. The summed E-state index contributed by atoms with van der Waals surface area (Å²) < 4.78 is 22.1. The number of hydrogen-bond acceptors (Lipinski definition) is 4. The summed E-state index contributed by atoms with van der Waals surface area (Å²) in [7, 11) is -0.925. The highest BCUT2D eigenvalue weighted by atomic mass is 31.2. The van der Waals surface area contributed by atoms with Crippen LogP contribution in [0.5, 0.6) is 11.5 Å². The van der Waals surface area contributed by atoms with Crippen molar-refractivity contribution >= 4 is 19.0 Å². The van der Waals surface area contributed by atoms with Crippen LogP contribution in [0.1, 0.15) is 11.1 Å². The van der Waals surface area contributed by atoms with E-state index in [1.807, 2.05) is 55.1 Å². The molecule has 2 N–H and O–H groups in total. The zero-order valence-corrected chi connectivity index (χ0v) is 15.8. The molecule has 0 bridgehead atoms. The smallest absolute Gasteiger partial charge is 0.327 e. The molecule has 0 atom stereocenters. The standard InChI is InChI=1S/C18H24NO5P/c1-13-5-7-15(11-17(13)23-3)19(9-10-25(20,21)22)16-8-6-14(2)18(12-16)24-4/h5-8,11-12H,9-10H2,1-4H3,(H2,20,21,22). The Kier molecular flexibility index (Phi) is 6.11. The summed E-state index contributed by atoms with van der Waals surface area (Å²) >= 11 is 0. The first-order valence-corrected chi connectivity index (χ1v) is 9.66. The fraction of sp³-hybridized carbons (Fsp3) is 0.333. The third-order valence-electron chi connectivity index (χ3n) is 4.02. The molecule has 2 aromatic carbocycles. The number of aryl methyl sites for hydroxylation is 2. The van der Waals surface area contributed by atoms with Gasteiger partial charge in [-0.1, -0.05) is 12.1 Å². The molecule has 0 aromatic heterocycles. The Labute approximate surface area is 148 Å². The van der Waals surface area contributed by atoms with Crippen LogP contribution in [-0.4, -0.2) is 36.7 Å². The molecule has 0 unspecified atom stereocenters. The van der Waals surface area contributed by atoms with E-state index in [0.717, 1.165) is 34.0 Å². The third-order valence-corrected chi connectivity index (χ3v) is 4.80. The highest BCUT2D eigenvalue weighted by molar-refractivity contribution is 7.51. The van der Waals surface area contributed by atoms with Crippen LogP contribution in [0.2, 0.25) is 0 Å². The molecule has 7 heteroatoms. The zero-order chi connectivity index (χ0) is 18.6. The van der Waals surface area contributed by atoms with E-state index in [9.17, 15) is 14.4 Å². The Hall–Kier alpha value is -2.01. The number of anilines is 2. The Balaban J connectivity index is 2.47. The highest BCUT2D eigenvalue weighted by Crippen LogP contribution is 2.38. The van der Waals surface area contributed by atoms with Crippen molar-refractivity contribution in [1.82, 2.24) is 0 Å². The van der Waals surface area contributed by atoms with Gasteiger partial charge in [-0.25, -0.2) is 0 Å². The molecule has 0 saturated heterocycles. The fourth-order valence-corrected chi connectivity index (χ4v) is 3.05. The minimum atomic E-state index is -4.12. The lowest BCUT2D eigenvalue weighted by Gasteiger charge is -2.26. The van der Waals surface area contributed by atoms with Gasteiger partial charge in [0.1, 0.15) is 11.5 Å². The second kappa shape index (κ2) is 7.91. The molecule has 0 spiro atoms. The van der Waals surface area contributed by atoms with Crippen LogP contribution in [0.3, 0.4) is 0 Å². The van der Waals surface area contributed by atoms with E-state index >= 15 is 0 Å². The summed E-state index contributed by atoms with van der Waals surface area (Å²) in [6.07, 6.45) is -0.251. The van der Waals surface area contributed by atoms with Gasteiger partial charge in [-0.05, 0) is 37.1 Å². The molecule has 0 radical (unpaired) electrons. The summed E-state index contributed by atoms with van der Waals surface area (Å²) in [5, 5.41) is 0. The van der Waals surface area contributed by atoms with Crippen molar-refractivity contribution in [3.05, 3.63) is 47.5 Å². The van der Waals surface area contributed by atoms with Crippen LogP contribution in [-0.2, 0) is 4.57 Å². The summed E-state index contributed by atoms with van der Waals surface area (Å²) in [5.41, 5.74) is 3.56. The van der Waals surface area contributed by atoms with Crippen LogP contribution >= 0.6 is 7.60 Å². The van der Waals surface area contributed by atoms with Crippen molar-refractivity contribution < 1.29 is 23.8 Å². The molecule has 0 saturated carbocycles. The molecular weight excluding hydrogens is 341 g/mol. The number of ether oxygens (including phenoxy) is 2. The fourth-order valence-electron chi connectivity index (χ4n) is 2.59. The molecule has 0 aliphatic heterocycles. The van der Waals surface area contributed by atoms with Gasteiger partial charge in [0.15, 0.2) is 0 Å². The second-order valence-electron chi connectivity index (χ2n) is 5.85. The molecule has 0 aliphatic carbocycles. The molecule has 136 valence electrons. The Morgan fingerprint density at radius 2 is 1.36 bits per heavy atom. The van der Waals surface area contributed by atoms with Crippen LogP contribution in [0.4, 0.5) is 11.4 Å². The van der Waals surface area contributed by atoms with Gasteiger partial charge < -0.3 is 24.2 Å². The molecule has 2 aromatic rings. The van der Waals surface area contributed by atoms with Crippen molar-refractivity contribution in [3.8, 4) is 11.5 Å². The van der Waals surface area contributed by atoms with Crippen molar-refractivity contribution in [2.24, 2.45) is 0 Å². The topological polar surface area (TPSA) is 79.2 Å². The predicted octanol–water partition coefficient (Wildman–Crippen LogP) is 3.64. The second-order valence-corrected chi connectivity index (χ2v) is 7.62. The highest BCUT2D eigenvalue weighted by Gasteiger charge is 2.19. The van der Waals surface area contributed by atoms with Crippen molar-refractivity contribution in [2.75, 3.05) is 31.8 Å². The number of nitrogens with zero attached hydrogens (tertiary/aromatic N) is 1. The predicted molar refractivity (Wildman–Crippen MR) is 99.4 cm³/mol. The first-order valence-electron chi connectivity index (χ1n) is 7.86. The van der Waals surface area contributed by atoms with Crippen LogP contribution in [0, 0.1) is 13.8 Å². The first-order chi connectivity index (χ1) is 11.7. The molecule has 0 amide bonds. The van der Waals surface area contributed by atoms with Crippen LogP contribution < -0.4 is 14.4 Å². The van der Waals surface area contributed by atoms with Crippen LogP contribution in [0.15, 0.2) is 36.4 Å². The van der Waals surface area contributed by atoms with E-state index in [-0.39, 0.29) is 12.7 Å². The molecule has 25 heavy (non-hydrogen) atoms. The quantitative estimate of drug-likeness (QED) is 0.730. The maximum atomic E-state index is 11.4. The molecular formula is C18H24NO5P. The molecule has 0 heterocycles. The minimum absolute atomic E-state index is 0.169. The summed E-state index contributed by atoms with van der Waals surface area (Å²) in [6.45, 7) is 4.05. The van der Waals surface area contributed by atoms with E-state index in [4.69, 9.17) is 9.47 Å². The van der Waals surface area contributed by atoms with Crippen molar-refractivity contribution in [1.29, 1.82) is 0 Å². The lowest BCUT2D eigenvalue weighted by molar-refractivity contribution is 0.373. The average Bonchev–Trinajstić information content (AvgIpc) is 2.56. The van der Waals surface area contributed by atoms with Crippen molar-refractivity contribution in [3.63, 3.8) is 0 Å². The van der Waals surface area contributed by atoms with E-state index in [1.54, 1.807) is 14.2 Å². The Morgan fingerprint density at radius 3 is 1.72 bits per heavy atom. The average molecular weight is 365 g/mol. The van der Waals surface area contributed by atoms with E-state index in [1.165, 1.54) is 0 Å².